The number of rotatable bonds is 9. The predicted molar refractivity (Wildman–Crippen MR) is 171 cm³/mol. The molecule has 0 spiro atoms. The number of hydrogen-bond donors (Lipinski definition) is 0. The van der Waals surface area contributed by atoms with Crippen molar-refractivity contribution in [3.63, 3.8) is 0 Å². The highest BCUT2D eigenvalue weighted by Crippen LogP contribution is 2.45. The zero-order chi connectivity index (χ0) is 33.3. The second-order valence-electron chi connectivity index (χ2n) is 11.2. The standard InChI is InChI=1S/C35H31F3N4O4S/c1-22-5-6-24(20-41-22)32-18-26(35(36,37)38)9-13-31(32)30-12-8-23-17-28(11-14-29(23)30)47(43,44)42(34-39-15-4-16-40-34)21-25-7-10-27(45-2)19-33(25)46-3/h4-7,9-11,13-20,30H,8,12,21H2,1-3H3. The molecule has 1 unspecified atom stereocenters. The molecule has 1 atom stereocenters. The third kappa shape index (κ3) is 6.37. The first-order chi connectivity index (χ1) is 22.5. The van der Waals surface area contributed by atoms with Crippen molar-refractivity contribution in [1.29, 1.82) is 0 Å². The van der Waals surface area contributed by atoms with Gasteiger partial charge in [0.2, 0.25) is 5.95 Å². The molecule has 0 aliphatic heterocycles. The van der Waals surface area contributed by atoms with Gasteiger partial charge >= 0.3 is 6.18 Å². The largest absolute Gasteiger partial charge is 0.497 e. The van der Waals surface area contributed by atoms with E-state index in [9.17, 15) is 21.6 Å². The molecule has 0 fully saturated rings. The molecule has 0 amide bonds. The van der Waals surface area contributed by atoms with Gasteiger partial charge in [0.1, 0.15) is 11.5 Å². The van der Waals surface area contributed by atoms with E-state index in [1.54, 1.807) is 54.7 Å². The number of pyridine rings is 1. The summed E-state index contributed by atoms with van der Waals surface area (Å²) in [5.41, 5.74) is 4.01. The smallest absolute Gasteiger partial charge is 0.416 e. The Kier molecular flexibility index (Phi) is 8.63. The molecule has 0 saturated carbocycles. The van der Waals surface area contributed by atoms with Gasteiger partial charge < -0.3 is 9.47 Å². The van der Waals surface area contributed by atoms with Crippen molar-refractivity contribution in [3.05, 3.63) is 125 Å². The Morgan fingerprint density at radius 2 is 1.66 bits per heavy atom. The van der Waals surface area contributed by atoms with E-state index in [0.29, 0.717) is 41.0 Å². The quantitative estimate of drug-likeness (QED) is 0.163. The van der Waals surface area contributed by atoms with E-state index in [4.69, 9.17) is 9.47 Å². The molecular weight excluding hydrogens is 629 g/mol. The van der Waals surface area contributed by atoms with Crippen LogP contribution in [0.25, 0.3) is 11.1 Å². The minimum absolute atomic E-state index is 0.00940. The number of anilines is 1. The zero-order valence-electron chi connectivity index (χ0n) is 25.8. The summed E-state index contributed by atoms with van der Waals surface area (Å²) in [4.78, 5) is 12.8. The molecule has 5 aromatic rings. The number of methoxy groups -OCH3 is 2. The Labute approximate surface area is 270 Å². The van der Waals surface area contributed by atoms with Gasteiger partial charge in [0.05, 0.1) is 31.2 Å². The van der Waals surface area contributed by atoms with Gasteiger partial charge in [-0.2, -0.15) is 13.2 Å². The van der Waals surface area contributed by atoms with Gasteiger partial charge in [0, 0.05) is 47.4 Å². The lowest BCUT2D eigenvalue weighted by Gasteiger charge is -2.24. The van der Waals surface area contributed by atoms with Crippen molar-refractivity contribution in [2.24, 2.45) is 0 Å². The van der Waals surface area contributed by atoms with Crippen LogP contribution in [0, 0.1) is 6.92 Å². The average Bonchev–Trinajstić information content (AvgIpc) is 3.50. The predicted octanol–water partition coefficient (Wildman–Crippen LogP) is 7.36. The Bertz CT molecular complexity index is 2020. The number of fused-ring (bicyclic) bond motifs is 1. The van der Waals surface area contributed by atoms with Crippen LogP contribution in [0.2, 0.25) is 0 Å². The SMILES string of the molecule is COc1ccc(CN(c2ncccn2)S(=O)(=O)c2ccc3c(c2)CCC3c2ccc(C(F)(F)F)cc2-c2ccc(C)nc2)c(OC)c1. The van der Waals surface area contributed by atoms with Crippen molar-refractivity contribution in [1.82, 2.24) is 15.0 Å². The fraction of sp³-hybridized carbons (Fsp3) is 0.229. The maximum Gasteiger partial charge on any atom is 0.416 e. The molecule has 3 aromatic carbocycles. The van der Waals surface area contributed by atoms with Crippen LogP contribution in [0.5, 0.6) is 11.5 Å². The average molecular weight is 661 g/mol. The first-order valence-corrected chi connectivity index (χ1v) is 16.2. The Morgan fingerprint density at radius 1 is 0.894 bits per heavy atom. The van der Waals surface area contributed by atoms with E-state index >= 15 is 0 Å². The summed E-state index contributed by atoms with van der Waals surface area (Å²) in [6.07, 6.45) is 1.16. The maximum absolute atomic E-state index is 14.3. The van der Waals surface area contributed by atoms with Crippen LogP contribution >= 0.6 is 0 Å². The summed E-state index contributed by atoms with van der Waals surface area (Å²) in [6, 6.07) is 19.0. The van der Waals surface area contributed by atoms with Crippen molar-refractivity contribution in [2.45, 2.75) is 43.3 Å². The normalized spacial score (nSPS) is 14.5. The van der Waals surface area contributed by atoms with E-state index < -0.39 is 21.8 Å². The Hall–Kier alpha value is -4.97. The molecule has 6 rings (SSSR count). The topological polar surface area (TPSA) is 94.5 Å². The molecule has 8 nitrogen and oxygen atoms in total. The molecule has 0 saturated heterocycles. The van der Waals surface area contributed by atoms with Crippen molar-refractivity contribution < 1.29 is 31.1 Å². The fourth-order valence-electron chi connectivity index (χ4n) is 5.94. The first kappa shape index (κ1) is 32.0. The highest BCUT2D eigenvalue weighted by atomic mass is 32.2. The number of ether oxygens (including phenoxy) is 2. The minimum atomic E-state index is -4.51. The molecule has 1 aliphatic rings. The highest BCUT2D eigenvalue weighted by Gasteiger charge is 2.35. The fourth-order valence-corrected chi connectivity index (χ4v) is 7.34. The number of aromatic nitrogens is 3. The molecule has 0 radical (unpaired) electrons. The third-order valence-electron chi connectivity index (χ3n) is 8.34. The van der Waals surface area contributed by atoms with Crippen LogP contribution in [0.4, 0.5) is 19.1 Å². The molecule has 0 bridgehead atoms. The third-order valence-corrected chi connectivity index (χ3v) is 10.1. The van der Waals surface area contributed by atoms with E-state index in [1.807, 2.05) is 6.92 Å². The van der Waals surface area contributed by atoms with Crippen molar-refractivity contribution >= 4 is 16.0 Å². The van der Waals surface area contributed by atoms with Gasteiger partial charge in [-0.05, 0) is 90.6 Å². The highest BCUT2D eigenvalue weighted by molar-refractivity contribution is 7.92. The van der Waals surface area contributed by atoms with Gasteiger partial charge in [0.15, 0.2) is 0 Å². The summed E-state index contributed by atoms with van der Waals surface area (Å²) in [5, 5.41) is 0. The van der Waals surface area contributed by atoms with Gasteiger partial charge in [-0.25, -0.2) is 22.7 Å². The molecule has 2 aromatic heterocycles. The number of nitrogens with zero attached hydrogens (tertiary/aromatic N) is 4. The second kappa shape index (κ2) is 12.7. The summed E-state index contributed by atoms with van der Waals surface area (Å²) in [7, 11) is -1.17. The lowest BCUT2D eigenvalue weighted by atomic mass is 9.86. The molecule has 12 heteroatoms. The van der Waals surface area contributed by atoms with E-state index in [1.165, 1.54) is 44.8 Å². The first-order valence-electron chi connectivity index (χ1n) is 14.8. The molecule has 242 valence electrons. The number of sulfonamides is 1. The molecule has 1 aliphatic carbocycles. The Balaban J connectivity index is 1.39. The molecule has 0 N–H and O–H groups in total. The zero-order valence-corrected chi connectivity index (χ0v) is 26.6. The van der Waals surface area contributed by atoms with Crippen LogP contribution in [-0.4, -0.2) is 37.6 Å². The van der Waals surface area contributed by atoms with Gasteiger partial charge in [-0.1, -0.05) is 18.2 Å². The van der Waals surface area contributed by atoms with Gasteiger partial charge in [0.25, 0.3) is 10.0 Å². The molecular formula is C35H31F3N4O4S. The van der Waals surface area contributed by atoms with Crippen LogP contribution < -0.4 is 13.8 Å². The van der Waals surface area contributed by atoms with E-state index in [-0.39, 0.29) is 23.3 Å². The molecule has 2 heterocycles. The number of aryl methyl sites for hydroxylation is 2. The number of benzene rings is 3. The van der Waals surface area contributed by atoms with Crippen LogP contribution in [0.3, 0.4) is 0 Å². The Morgan fingerprint density at radius 3 is 2.34 bits per heavy atom. The van der Waals surface area contributed by atoms with E-state index in [2.05, 4.69) is 15.0 Å². The summed E-state index contributed by atoms with van der Waals surface area (Å²) in [5.74, 6) is 0.745. The van der Waals surface area contributed by atoms with Crippen LogP contribution in [0.1, 0.15) is 45.8 Å². The van der Waals surface area contributed by atoms with Gasteiger partial charge in [-0.15, -0.1) is 0 Å². The second-order valence-corrected chi connectivity index (χ2v) is 13.0. The summed E-state index contributed by atoms with van der Waals surface area (Å²) in [6.45, 7) is 1.70. The van der Waals surface area contributed by atoms with Crippen LogP contribution in [-0.2, 0) is 29.2 Å². The summed E-state index contributed by atoms with van der Waals surface area (Å²) >= 11 is 0. The summed E-state index contributed by atoms with van der Waals surface area (Å²) < 4.78 is 81.8. The van der Waals surface area contributed by atoms with E-state index in [0.717, 1.165) is 32.8 Å². The van der Waals surface area contributed by atoms with Crippen LogP contribution in [0.15, 0.2) is 96.3 Å². The van der Waals surface area contributed by atoms with Gasteiger partial charge in [-0.3, -0.25) is 4.98 Å². The maximum atomic E-state index is 14.3. The minimum Gasteiger partial charge on any atom is -0.497 e. The molecule has 47 heavy (non-hydrogen) atoms. The van der Waals surface area contributed by atoms with Crippen molar-refractivity contribution in [2.75, 3.05) is 18.5 Å². The number of hydrogen-bond acceptors (Lipinski definition) is 7. The lowest BCUT2D eigenvalue weighted by Crippen LogP contribution is -2.32. The van der Waals surface area contributed by atoms with Crippen molar-refractivity contribution in [3.8, 4) is 22.6 Å². The number of alkyl halides is 3. The lowest BCUT2D eigenvalue weighted by molar-refractivity contribution is -0.137. The monoisotopic (exact) mass is 660 g/mol. The number of halogens is 3.